The third-order valence-corrected chi connectivity index (χ3v) is 27.0. The number of nitrogens with one attached hydrogen (secondary N) is 3. The van der Waals surface area contributed by atoms with Crippen LogP contribution in [-0.2, 0) is 65.1 Å². The van der Waals surface area contributed by atoms with Crippen molar-refractivity contribution in [2.24, 2.45) is 0 Å². The van der Waals surface area contributed by atoms with Gasteiger partial charge >= 0.3 is 0 Å². The molecule has 652 valence electrons. The number of rotatable bonds is 35. The highest BCUT2D eigenvalue weighted by atomic mass is 32.2. The molecule has 7 heterocycles. The van der Waals surface area contributed by atoms with Crippen LogP contribution < -0.4 is 51.6 Å². The monoisotopic (exact) mass is 1740 g/mol. The van der Waals surface area contributed by atoms with Gasteiger partial charge < -0.3 is 49.6 Å². The Morgan fingerprint density at radius 2 is 0.805 bits per heavy atom. The molecule has 29 heteroatoms. The summed E-state index contributed by atoms with van der Waals surface area (Å²) in [6.45, 7) is 9.26. The average Bonchev–Trinajstić information content (AvgIpc) is 0.782. The first-order valence-corrected chi connectivity index (χ1v) is 46.1. The van der Waals surface area contributed by atoms with Crippen molar-refractivity contribution in [3.05, 3.63) is 240 Å². The molecule has 1 atom stereocenters. The van der Waals surface area contributed by atoms with Crippen LogP contribution in [0.3, 0.4) is 0 Å². The topological polar surface area (TPSA) is 239 Å². The summed E-state index contributed by atoms with van der Waals surface area (Å²) < 4.78 is 81.5. The largest absolute Gasteiger partial charge is 0.494 e. The van der Waals surface area contributed by atoms with E-state index in [0.717, 1.165) is 159 Å². The summed E-state index contributed by atoms with van der Waals surface area (Å²) in [4.78, 5) is 100. The van der Waals surface area contributed by atoms with Crippen LogP contribution in [-0.4, -0.2) is 162 Å². The summed E-state index contributed by atoms with van der Waals surface area (Å²) >= 11 is 5.11. The molecule has 0 radical (unpaired) electrons. The number of alkyl halides is 4. The van der Waals surface area contributed by atoms with Crippen molar-refractivity contribution in [2.75, 3.05) is 78.7 Å². The quantitative estimate of drug-likeness (QED) is 0.0190. The molecule has 0 saturated heterocycles. The number of fused-ring (bicyclic) bond motifs is 4. The Morgan fingerprint density at radius 1 is 0.439 bits per heavy atom. The highest BCUT2D eigenvalue weighted by Gasteiger charge is 2.35. The molecule has 22 nitrogen and oxygen atoms in total. The van der Waals surface area contributed by atoms with Crippen LogP contribution in [0.2, 0.25) is 0 Å². The predicted octanol–water partition coefficient (Wildman–Crippen LogP) is 15.4. The minimum Gasteiger partial charge on any atom is -0.494 e. The predicted molar refractivity (Wildman–Crippen MR) is 472 cm³/mol. The van der Waals surface area contributed by atoms with Crippen molar-refractivity contribution in [1.82, 2.24) is 59.3 Å². The number of carbonyl (C=O) groups excluding carboxylic acids is 3. The maximum Gasteiger partial charge on any atom is 0.270 e. The fourth-order valence-electron chi connectivity index (χ4n) is 15.3. The van der Waals surface area contributed by atoms with Crippen LogP contribution in [0.15, 0.2) is 194 Å². The fraction of sp³-hybridized carbons (Fsp3) is 0.457. The number of thioether (sulfide) groups is 3. The van der Waals surface area contributed by atoms with Gasteiger partial charge in [-0.2, -0.15) is 0 Å². The lowest BCUT2D eigenvalue weighted by Crippen LogP contribution is -2.44. The van der Waals surface area contributed by atoms with Crippen molar-refractivity contribution in [2.45, 2.75) is 211 Å². The first-order valence-electron chi connectivity index (χ1n) is 43.4. The lowest BCUT2D eigenvalue weighted by Gasteiger charge is -2.30. The second kappa shape index (κ2) is 43.2. The van der Waals surface area contributed by atoms with Gasteiger partial charge in [0.1, 0.15) is 24.2 Å². The van der Waals surface area contributed by atoms with Crippen LogP contribution >= 0.6 is 35.3 Å². The van der Waals surface area contributed by atoms with Gasteiger partial charge in [-0.05, 0) is 187 Å². The number of hydrogen-bond donors (Lipinski definition) is 3. The van der Waals surface area contributed by atoms with Gasteiger partial charge in [0, 0.05) is 112 Å². The van der Waals surface area contributed by atoms with Crippen LogP contribution in [0, 0.1) is 0 Å². The van der Waals surface area contributed by atoms with Gasteiger partial charge in [-0.15, -0.1) is 0 Å². The molecule has 16 rings (SSSR count). The summed E-state index contributed by atoms with van der Waals surface area (Å²) in [7, 11) is 0. The van der Waals surface area contributed by atoms with Gasteiger partial charge in [0.05, 0.1) is 90.2 Å². The van der Waals surface area contributed by atoms with E-state index in [1.165, 1.54) is 43.5 Å². The number of carbonyl (C=O) groups is 3. The second-order valence-corrected chi connectivity index (χ2v) is 36.2. The van der Waals surface area contributed by atoms with Crippen LogP contribution in [0.4, 0.5) is 17.6 Å². The number of aromatic nitrogens is 6. The number of hydrogen-bond acceptors (Lipinski definition) is 19. The Balaban J connectivity index is 0.000000151. The SMILES string of the molecule is CC(F)(F)c1ccc(OCCCCCNCC(=O)N2CCc3nc(SC4CCC4)n(-c4ccccc4)c(=O)c3C2)cc1.CC(F)(F)c1ccc(OCCCCCNCCC(=O)N2CCc3nc(SC4CCC4)n(-c4ccccc4)c(=O)c3C2)cc1.O=C(CCNCC1COc2ccccc2O1)N1CCc2nc(SC3CCC3)n(-c3ccccc3)c(=O)c2C1. The van der Waals surface area contributed by atoms with E-state index in [9.17, 15) is 46.3 Å². The van der Waals surface area contributed by atoms with Crippen LogP contribution in [0.5, 0.6) is 23.0 Å². The zero-order chi connectivity index (χ0) is 85.7. The third-order valence-electron chi connectivity index (χ3n) is 23.2. The number of para-hydroxylation sites is 5. The Morgan fingerprint density at radius 3 is 1.19 bits per heavy atom. The van der Waals surface area contributed by atoms with E-state index in [0.29, 0.717) is 155 Å². The molecule has 4 aliphatic heterocycles. The first kappa shape index (κ1) is 89.5. The average molecular weight is 1740 g/mol. The van der Waals surface area contributed by atoms with E-state index in [1.807, 2.05) is 115 Å². The standard InChI is InChI=1S/C33H40F2N4O3S.C32H38F2N4O3S.C29H32N4O4S/c1-33(34,35)24-13-15-26(16-14-24)42-22-7-3-6-19-36-20-17-30(40)38-21-18-29-28(23-38)31(41)39(25-9-4-2-5-10-25)32(37-29)43-27-11-8-12-27;1-32(33,34)23-13-15-25(16-14-23)41-20-7-3-6-18-35-21-29(39)37-19-17-28-27(22-37)30(40)38(24-9-4-2-5-10-24)31(36-28)42-26-11-8-12-26;34-27(13-15-30-17-21-19-36-25-11-4-5-12-26(25)37-21)32-16-14-24-23(18-32)28(35)33(20-7-2-1-3-8-20)29(31-24)38-22-9-6-10-22/h2,4-5,9-10,13-16,27,36H,3,6-8,11-12,17-23H2,1H3;2,4-5,9-10,13-16,26,35H,3,6-8,11-12,17-22H2,1H3;1-5,7-8,11-12,21-22,30H,6,9-10,13-19H2. The number of ether oxygens (including phenoxy) is 4. The molecule has 0 bridgehead atoms. The molecule has 123 heavy (non-hydrogen) atoms. The molecule has 1 unspecified atom stereocenters. The molecule has 3 fully saturated rings. The summed E-state index contributed by atoms with van der Waals surface area (Å²) in [5.41, 5.74) is 6.48. The van der Waals surface area contributed by atoms with Crippen molar-refractivity contribution >= 4 is 53.0 Å². The number of benzene rings is 6. The minimum absolute atomic E-state index is 0.0231. The zero-order valence-corrected chi connectivity index (χ0v) is 72.4. The maximum atomic E-state index is 13.8. The number of nitrogens with zero attached hydrogens (tertiary/aromatic N) is 9. The number of unbranched alkanes of at least 4 members (excludes halogenated alkanes) is 4. The molecule has 6 aromatic carbocycles. The van der Waals surface area contributed by atoms with Gasteiger partial charge in [-0.25, -0.2) is 32.5 Å². The van der Waals surface area contributed by atoms with E-state index in [4.69, 9.17) is 33.9 Å². The van der Waals surface area contributed by atoms with Crippen LogP contribution in [0.1, 0.15) is 168 Å². The van der Waals surface area contributed by atoms with Crippen molar-refractivity contribution in [1.29, 1.82) is 0 Å². The summed E-state index contributed by atoms with van der Waals surface area (Å²) in [6, 6.07) is 48.5. The smallest absolute Gasteiger partial charge is 0.270 e. The molecule has 3 saturated carbocycles. The lowest BCUT2D eigenvalue weighted by atomic mass is 10.0. The maximum absolute atomic E-state index is 13.8. The van der Waals surface area contributed by atoms with E-state index < -0.39 is 11.8 Å². The van der Waals surface area contributed by atoms with Crippen LogP contribution in [0.25, 0.3) is 17.1 Å². The molecule has 3 N–H and O–H groups in total. The highest BCUT2D eigenvalue weighted by Crippen LogP contribution is 2.41. The van der Waals surface area contributed by atoms with E-state index in [-0.39, 0.29) is 64.7 Å². The van der Waals surface area contributed by atoms with E-state index in [2.05, 4.69) is 16.0 Å². The number of amides is 3. The minimum atomic E-state index is -2.86. The van der Waals surface area contributed by atoms with Crippen molar-refractivity contribution < 1.29 is 50.9 Å². The Labute approximate surface area is 728 Å². The van der Waals surface area contributed by atoms with Gasteiger partial charge in [-0.3, -0.25) is 42.5 Å². The molecular formula is C94H110F4N12O10S3. The molecule has 3 aromatic heterocycles. The number of halogens is 4. The molecule has 9 aromatic rings. The molecular weight excluding hydrogens is 1630 g/mol. The summed E-state index contributed by atoms with van der Waals surface area (Å²) in [5, 5.41) is 13.7. The summed E-state index contributed by atoms with van der Waals surface area (Å²) in [5.74, 6) is -2.98. The molecule has 3 aliphatic carbocycles. The van der Waals surface area contributed by atoms with Gasteiger partial charge in [0.25, 0.3) is 28.5 Å². The molecule has 0 spiro atoms. The molecule has 7 aliphatic rings. The Kier molecular flexibility index (Phi) is 31.4. The molecule has 3 amide bonds. The third kappa shape index (κ3) is 24.2. The van der Waals surface area contributed by atoms with Gasteiger partial charge in [-0.1, -0.05) is 121 Å². The Bertz CT molecular complexity index is 5210. The normalized spacial score (nSPS) is 16.2. The first-order chi connectivity index (χ1) is 59.7. The summed E-state index contributed by atoms with van der Waals surface area (Å²) in [6.07, 6.45) is 18.4. The second-order valence-electron chi connectivity index (χ2n) is 32.4. The Hall–Kier alpha value is -9.78. The van der Waals surface area contributed by atoms with Crippen molar-refractivity contribution in [3.63, 3.8) is 0 Å². The van der Waals surface area contributed by atoms with Gasteiger partial charge in [0.15, 0.2) is 27.0 Å². The van der Waals surface area contributed by atoms with E-state index in [1.54, 1.807) is 88.0 Å². The lowest BCUT2D eigenvalue weighted by molar-refractivity contribution is -0.132. The van der Waals surface area contributed by atoms with Gasteiger partial charge in [0.2, 0.25) is 17.7 Å². The fourth-order valence-corrected chi connectivity index (χ4v) is 19.2. The zero-order valence-electron chi connectivity index (χ0n) is 70.0. The van der Waals surface area contributed by atoms with Crippen molar-refractivity contribution in [3.8, 4) is 40.1 Å². The van der Waals surface area contributed by atoms with E-state index >= 15 is 0 Å². The highest BCUT2D eigenvalue weighted by molar-refractivity contribution is 8.00.